The summed E-state index contributed by atoms with van der Waals surface area (Å²) in [6.45, 7) is 0. The molecule has 0 heterocycles. The van der Waals surface area contributed by atoms with E-state index in [9.17, 15) is 22.4 Å². The van der Waals surface area contributed by atoms with Crippen LogP contribution in [-0.4, -0.2) is 11.1 Å². The van der Waals surface area contributed by atoms with Crippen LogP contribution in [0.2, 0.25) is 0 Å². The van der Waals surface area contributed by atoms with Gasteiger partial charge < -0.3 is 5.11 Å². The second kappa shape index (κ2) is 4.72. The predicted octanol–water partition coefficient (Wildman–Crippen LogP) is 3.61. The lowest BCUT2D eigenvalue weighted by molar-refractivity contribution is 0.0690. The standard InChI is InChI=1S/C13H6F4O2/c14-7-3-6(4-8(15)5-7)9-1-2-10(13(18)19)12(17)11(9)16/h1-5H,(H,18,19). The van der Waals surface area contributed by atoms with Gasteiger partial charge in [0, 0.05) is 11.6 Å². The monoisotopic (exact) mass is 270 g/mol. The molecule has 98 valence electrons. The summed E-state index contributed by atoms with van der Waals surface area (Å²) in [5.41, 5.74) is -1.48. The minimum atomic E-state index is -1.63. The zero-order valence-corrected chi connectivity index (χ0v) is 9.25. The molecule has 0 bridgehead atoms. The van der Waals surface area contributed by atoms with E-state index in [1.807, 2.05) is 0 Å². The first kappa shape index (κ1) is 13.1. The maximum Gasteiger partial charge on any atom is 0.338 e. The number of rotatable bonds is 2. The smallest absolute Gasteiger partial charge is 0.338 e. The molecule has 0 atom stereocenters. The van der Waals surface area contributed by atoms with E-state index in [1.165, 1.54) is 0 Å². The molecule has 0 aliphatic heterocycles. The number of benzene rings is 2. The van der Waals surface area contributed by atoms with E-state index in [2.05, 4.69) is 0 Å². The summed E-state index contributed by atoms with van der Waals surface area (Å²) >= 11 is 0. The third-order valence-corrected chi connectivity index (χ3v) is 2.49. The minimum absolute atomic E-state index is 0.217. The number of hydrogen-bond donors (Lipinski definition) is 1. The third-order valence-electron chi connectivity index (χ3n) is 2.49. The van der Waals surface area contributed by atoms with Crippen LogP contribution in [0.3, 0.4) is 0 Å². The van der Waals surface area contributed by atoms with Crippen LogP contribution >= 0.6 is 0 Å². The van der Waals surface area contributed by atoms with Crippen LogP contribution in [0, 0.1) is 23.3 Å². The topological polar surface area (TPSA) is 37.3 Å². The molecule has 2 aromatic carbocycles. The average Bonchev–Trinajstić information content (AvgIpc) is 2.30. The van der Waals surface area contributed by atoms with Gasteiger partial charge in [-0.2, -0.15) is 0 Å². The molecule has 0 radical (unpaired) electrons. The Kier molecular flexibility index (Phi) is 3.25. The van der Waals surface area contributed by atoms with Crippen molar-refractivity contribution in [3.63, 3.8) is 0 Å². The Morgan fingerprint density at radius 1 is 0.895 bits per heavy atom. The van der Waals surface area contributed by atoms with Gasteiger partial charge in [-0.25, -0.2) is 22.4 Å². The van der Waals surface area contributed by atoms with Gasteiger partial charge in [0.1, 0.15) is 11.6 Å². The van der Waals surface area contributed by atoms with Crippen LogP contribution in [0.5, 0.6) is 0 Å². The highest BCUT2D eigenvalue weighted by molar-refractivity contribution is 5.88. The van der Waals surface area contributed by atoms with Crippen molar-refractivity contribution in [3.05, 3.63) is 59.2 Å². The lowest BCUT2D eigenvalue weighted by Gasteiger charge is -2.07. The van der Waals surface area contributed by atoms with Crippen molar-refractivity contribution in [2.24, 2.45) is 0 Å². The van der Waals surface area contributed by atoms with Crippen LogP contribution in [0.1, 0.15) is 10.4 Å². The molecule has 0 aliphatic carbocycles. The Hall–Kier alpha value is -2.37. The molecule has 0 fully saturated rings. The molecule has 1 N–H and O–H groups in total. The number of aromatic carboxylic acids is 1. The van der Waals surface area contributed by atoms with Gasteiger partial charge in [0.05, 0.1) is 5.56 Å². The SMILES string of the molecule is O=C(O)c1ccc(-c2cc(F)cc(F)c2)c(F)c1F. The fraction of sp³-hybridized carbons (Fsp3) is 0. The van der Waals surface area contributed by atoms with Crippen molar-refractivity contribution < 1.29 is 27.5 Å². The van der Waals surface area contributed by atoms with Crippen LogP contribution < -0.4 is 0 Å². The van der Waals surface area contributed by atoms with E-state index in [0.29, 0.717) is 6.07 Å². The van der Waals surface area contributed by atoms with Crippen molar-refractivity contribution in [2.45, 2.75) is 0 Å². The molecule has 2 aromatic rings. The third kappa shape index (κ3) is 2.42. The van der Waals surface area contributed by atoms with Gasteiger partial charge in [-0.05, 0) is 23.8 Å². The normalized spacial score (nSPS) is 10.5. The van der Waals surface area contributed by atoms with Gasteiger partial charge >= 0.3 is 5.97 Å². The van der Waals surface area contributed by atoms with E-state index in [0.717, 1.165) is 24.3 Å². The molecule has 6 heteroatoms. The lowest BCUT2D eigenvalue weighted by Crippen LogP contribution is -2.04. The minimum Gasteiger partial charge on any atom is -0.478 e. The predicted molar refractivity (Wildman–Crippen MR) is 58.7 cm³/mol. The largest absolute Gasteiger partial charge is 0.478 e. The highest BCUT2D eigenvalue weighted by Gasteiger charge is 2.19. The quantitative estimate of drug-likeness (QED) is 0.846. The Morgan fingerprint density at radius 2 is 1.47 bits per heavy atom. The average molecular weight is 270 g/mol. The van der Waals surface area contributed by atoms with E-state index in [-0.39, 0.29) is 5.56 Å². The van der Waals surface area contributed by atoms with Gasteiger partial charge in [0.25, 0.3) is 0 Å². The van der Waals surface area contributed by atoms with Crippen LogP contribution in [0.25, 0.3) is 11.1 Å². The molecule has 0 spiro atoms. The van der Waals surface area contributed by atoms with E-state index >= 15 is 0 Å². The van der Waals surface area contributed by atoms with E-state index in [4.69, 9.17) is 5.11 Å². The zero-order chi connectivity index (χ0) is 14.2. The second-order valence-corrected chi connectivity index (χ2v) is 3.75. The summed E-state index contributed by atoms with van der Waals surface area (Å²) < 4.78 is 53.2. The highest BCUT2D eigenvalue weighted by Crippen LogP contribution is 2.27. The summed E-state index contributed by atoms with van der Waals surface area (Å²) in [5.74, 6) is -6.57. The number of carboxylic acids is 1. The summed E-state index contributed by atoms with van der Waals surface area (Å²) in [6, 6.07) is 4.01. The molecule has 2 nitrogen and oxygen atoms in total. The number of hydrogen-bond acceptors (Lipinski definition) is 1. The molecular formula is C13H6F4O2. The van der Waals surface area contributed by atoms with Crippen molar-refractivity contribution in [2.75, 3.05) is 0 Å². The first-order chi connectivity index (χ1) is 8.90. The summed E-state index contributed by atoms with van der Waals surface area (Å²) in [7, 11) is 0. The molecular weight excluding hydrogens is 264 g/mol. The van der Waals surface area contributed by atoms with Gasteiger partial charge in [0.15, 0.2) is 11.6 Å². The molecule has 0 aliphatic rings. The van der Waals surface area contributed by atoms with Crippen LogP contribution in [0.4, 0.5) is 17.6 Å². The van der Waals surface area contributed by atoms with E-state index in [1.54, 1.807) is 0 Å². The Balaban J connectivity index is 2.64. The Morgan fingerprint density at radius 3 is 2.00 bits per heavy atom. The molecule has 0 amide bonds. The van der Waals surface area contributed by atoms with Gasteiger partial charge in [-0.15, -0.1) is 0 Å². The second-order valence-electron chi connectivity index (χ2n) is 3.75. The maximum atomic E-state index is 13.7. The maximum absolute atomic E-state index is 13.7. The fourth-order valence-electron chi connectivity index (χ4n) is 1.65. The first-order valence-electron chi connectivity index (χ1n) is 5.08. The van der Waals surface area contributed by atoms with Gasteiger partial charge in [-0.1, -0.05) is 6.07 Å². The van der Waals surface area contributed by atoms with Gasteiger partial charge in [0.2, 0.25) is 0 Å². The summed E-state index contributed by atoms with van der Waals surface area (Å²) in [5, 5.41) is 8.61. The van der Waals surface area contributed by atoms with Crippen LogP contribution in [-0.2, 0) is 0 Å². The molecule has 0 unspecified atom stereocenters. The fourth-order valence-corrected chi connectivity index (χ4v) is 1.65. The highest BCUT2D eigenvalue weighted by atomic mass is 19.2. The zero-order valence-electron chi connectivity index (χ0n) is 9.25. The molecule has 2 rings (SSSR count). The van der Waals surface area contributed by atoms with Gasteiger partial charge in [-0.3, -0.25) is 0 Å². The Labute approximate surface area is 104 Å². The summed E-state index contributed by atoms with van der Waals surface area (Å²) in [6.07, 6.45) is 0. The number of carboxylic acid groups (broad SMARTS) is 1. The van der Waals surface area contributed by atoms with Crippen molar-refractivity contribution in [1.82, 2.24) is 0 Å². The molecule has 0 saturated carbocycles. The van der Waals surface area contributed by atoms with Crippen molar-refractivity contribution in [3.8, 4) is 11.1 Å². The van der Waals surface area contributed by atoms with Crippen molar-refractivity contribution in [1.29, 1.82) is 0 Å². The van der Waals surface area contributed by atoms with Crippen molar-refractivity contribution >= 4 is 5.97 Å². The lowest BCUT2D eigenvalue weighted by atomic mass is 10.0. The summed E-state index contributed by atoms with van der Waals surface area (Å²) in [4.78, 5) is 10.6. The van der Waals surface area contributed by atoms with Crippen LogP contribution in [0.15, 0.2) is 30.3 Å². The molecule has 0 aromatic heterocycles. The first-order valence-corrected chi connectivity index (χ1v) is 5.08. The molecule has 0 saturated heterocycles. The Bertz CT molecular complexity index is 648. The number of halogens is 4. The number of carbonyl (C=O) groups is 1. The molecule has 19 heavy (non-hydrogen) atoms. The van der Waals surface area contributed by atoms with E-state index < -0.39 is 40.4 Å².